The second kappa shape index (κ2) is 5.49. The molecule has 96 valence electrons. The van der Waals surface area contributed by atoms with Crippen molar-refractivity contribution in [3.8, 4) is 0 Å². The largest absolute Gasteiger partial charge is 0.347 e. The number of nitrogens with zero attached hydrogens (tertiary/aromatic N) is 1. The lowest BCUT2D eigenvalue weighted by atomic mass is 10.2. The number of hydrogen-bond donors (Lipinski definition) is 0. The SMILES string of the molecule is Fc1ccc2ccn(CCSc3ccccc3)c2c1. The molecule has 0 aliphatic carbocycles. The summed E-state index contributed by atoms with van der Waals surface area (Å²) in [5.41, 5.74) is 0.966. The molecule has 0 unspecified atom stereocenters. The van der Waals surface area contributed by atoms with E-state index in [4.69, 9.17) is 0 Å². The van der Waals surface area contributed by atoms with E-state index >= 15 is 0 Å². The van der Waals surface area contributed by atoms with E-state index in [1.54, 1.807) is 6.07 Å². The Morgan fingerprint density at radius 1 is 1.00 bits per heavy atom. The summed E-state index contributed by atoms with van der Waals surface area (Å²) < 4.78 is 15.4. The van der Waals surface area contributed by atoms with E-state index in [2.05, 4.69) is 16.7 Å². The third-order valence-electron chi connectivity index (χ3n) is 3.08. The zero-order chi connectivity index (χ0) is 13.1. The molecule has 0 bridgehead atoms. The summed E-state index contributed by atoms with van der Waals surface area (Å²) in [5.74, 6) is 0.799. The minimum Gasteiger partial charge on any atom is -0.347 e. The average Bonchev–Trinajstić information content (AvgIpc) is 2.83. The van der Waals surface area contributed by atoms with Gasteiger partial charge in [0.15, 0.2) is 0 Å². The molecule has 0 aliphatic rings. The number of halogens is 1. The maximum absolute atomic E-state index is 13.3. The summed E-state index contributed by atoms with van der Waals surface area (Å²) in [4.78, 5) is 1.27. The molecular formula is C16H14FNS. The molecule has 3 aromatic rings. The van der Waals surface area contributed by atoms with Gasteiger partial charge in [-0.1, -0.05) is 18.2 Å². The molecular weight excluding hydrogens is 257 g/mol. The highest BCUT2D eigenvalue weighted by Crippen LogP contribution is 2.20. The number of aromatic nitrogens is 1. The first-order valence-electron chi connectivity index (χ1n) is 6.25. The number of hydrogen-bond acceptors (Lipinski definition) is 1. The average molecular weight is 271 g/mol. The van der Waals surface area contributed by atoms with Gasteiger partial charge < -0.3 is 4.57 Å². The topological polar surface area (TPSA) is 4.93 Å². The van der Waals surface area contributed by atoms with Crippen LogP contribution in [0.2, 0.25) is 0 Å². The van der Waals surface area contributed by atoms with E-state index in [-0.39, 0.29) is 5.82 Å². The minimum atomic E-state index is -0.178. The van der Waals surface area contributed by atoms with Gasteiger partial charge in [-0.05, 0) is 41.8 Å². The number of rotatable bonds is 4. The lowest BCUT2D eigenvalue weighted by Gasteiger charge is -2.05. The quantitative estimate of drug-likeness (QED) is 0.629. The maximum atomic E-state index is 13.3. The van der Waals surface area contributed by atoms with Crippen LogP contribution in [0, 0.1) is 5.82 Å². The molecule has 0 spiro atoms. The van der Waals surface area contributed by atoms with Crippen molar-refractivity contribution in [2.45, 2.75) is 11.4 Å². The standard InChI is InChI=1S/C16H14FNS/c17-14-7-6-13-8-9-18(16(13)12-14)10-11-19-15-4-2-1-3-5-15/h1-9,12H,10-11H2. The molecule has 1 nitrogen and oxygen atoms in total. The first-order valence-corrected chi connectivity index (χ1v) is 7.24. The summed E-state index contributed by atoms with van der Waals surface area (Å²) in [6.07, 6.45) is 2.02. The number of benzene rings is 2. The highest BCUT2D eigenvalue weighted by molar-refractivity contribution is 7.99. The molecule has 0 fully saturated rings. The molecule has 0 aliphatic heterocycles. The van der Waals surface area contributed by atoms with Gasteiger partial charge in [-0.2, -0.15) is 0 Å². The molecule has 1 heterocycles. The van der Waals surface area contributed by atoms with Crippen LogP contribution in [-0.2, 0) is 6.54 Å². The molecule has 2 aromatic carbocycles. The van der Waals surface area contributed by atoms with Crippen molar-refractivity contribution in [3.05, 3.63) is 66.6 Å². The zero-order valence-corrected chi connectivity index (χ0v) is 11.2. The molecule has 0 atom stereocenters. The zero-order valence-electron chi connectivity index (χ0n) is 10.4. The fraction of sp³-hybridized carbons (Fsp3) is 0.125. The Morgan fingerprint density at radius 3 is 2.68 bits per heavy atom. The van der Waals surface area contributed by atoms with Gasteiger partial charge in [0, 0.05) is 23.4 Å². The second-order valence-corrected chi connectivity index (χ2v) is 5.54. The van der Waals surface area contributed by atoms with Gasteiger partial charge in [0.05, 0.1) is 5.52 Å². The van der Waals surface area contributed by atoms with Gasteiger partial charge in [0.1, 0.15) is 5.82 Å². The van der Waals surface area contributed by atoms with Gasteiger partial charge in [-0.15, -0.1) is 11.8 Å². The van der Waals surface area contributed by atoms with Gasteiger partial charge in [-0.3, -0.25) is 0 Å². The van der Waals surface area contributed by atoms with Crippen LogP contribution in [0.3, 0.4) is 0 Å². The van der Waals surface area contributed by atoms with Crippen molar-refractivity contribution in [1.82, 2.24) is 4.57 Å². The predicted molar refractivity (Wildman–Crippen MR) is 79.1 cm³/mol. The summed E-state index contributed by atoms with van der Waals surface area (Å²) >= 11 is 1.82. The Bertz CT molecular complexity index is 676. The van der Waals surface area contributed by atoms with Crippen LogP contribution in [0.1, 0.15) is 0 Å². The highest BCUT2D eigenvalue weighted by atomic mass is 32.2. The first-order chi connectivity index (χ1) is 9.33. The Kier molecular flexibility index (Phi) is 3.56. The monoisotopic (exact) mass is 271 g/mol. The Hall–Kier alpha value is -1.74. The molecule has 3 rings (SSSR count). The molecule has 0 saturated heterocycles. The van der Waals surface area contributed by atoms with Crippen LogP contribution in [0.25, 0.3) is 10.9 Å². The van der Waals surface area contributed by atoms with Crippen LogP contribution in [0.15, 0.2) is 65.7 Å². The molecule has 0 N–H and O–H groups in total. The first kappa shape index (κ1) is 12.3. The van der Waals surface area contributed by atoms with E-state index in [9.17, 15) is 4.39 Å². The fourth-order valence-electron chi connectivity index (χ4n) is 2.13. The van der Waals surface area contributed by atoms with Crippen LogP contribution in [0.5, 0.6) is 0 Å². The van der Waals surface area contributed by atoms with Crippen LogP contribution in [-0.4, -0.2) is 10.3 Å². The van der Waals surface area contributed by atoms with E-state index in [1.165, 1.54) is 11.0 Å². The second-order valence-electron chi connectivity index (χ2n) is 4.37. The maximum Gasteiger partial charge on any atom is 0.125 e. The molecule has 0 amide bonds. The van der Waals surface area contributed by atoms with Gasteiger partial charge in [0.25, 0.3) is 0 Å². The highest BCUT2D eigenvalue weighted by Gasteiger charge is 2.02. The van der Waals surface area contributed by atoms with Crippen molar-refractivity contribution in [1.29, 1.82) is 0 Å². The summed E-state index contributed by atoms with van der Waals surface area (Å²) in [7, 11) is 0. The van der Waals surface area contributed by atoms with Gasteiger partial charge >= 0.3 is 0 Å². The third-order valence-corrected chi connectivity index (χ3v) is 4.07. The third kappa shape index (κ3) is 2.82. The van der Waals surface area contributed by atoms with E-state index in [1.807, 2.05) is 48.3 Å². The van der Waals surface area contributed by atoms with E-state index in [0.29, 0.717) is 0 Å². The Balaban J connectivity index is 1.70. The fourth-order valence-corrected chi connectivity index (χ4v) is 3.00. The Morgan fingerprint density at radius 2 is 1.84 bits per heavy atom. The molecule has 0 saturated carbocycles. The van der Waals surface area contributed by atoms with Crippen LogP contribution in [0.4, 0.5) is 4.39 Å². The van der Waals surface area contributed by atoms with Gasteiger partial charge in [-0.25, -0.2) is 4.39 Å². The van der Waals surface area contributed by atoms with Gasteiger partial charge in [0.2, 0.25) is 0 Å². The van der Waals surface area contributed by atoms with Crippen LogP contribution >= 0.6 is 11.8 Å². The lowest BCUT2D eigenvalue weighted by molar-refractivity contribution is 0.628. The molecule has 0 radical (unpaired) electrons. The van der Waals surface area contributed by atoms with Crippen molar-refractivity contribution in [3.63, 3.8) is 0 Å². The number of fused-ring (bicyclic) bond motifs is 1. The summed E-state index contributed by atoms with van der Waals surface area (Å²) in [6, 6.07) is 17.3. The number of aryl methyl sites for hydroxylation is 1. The van der Waals surface area contributed by atoms with Crippen LogP contribution < -0.4 is 0 Å². The van der Waals surface area contributed by atoms with Crippen molar-refractivity contribution >= 4 is 22.7 Å². The predicted octanol–water partition coefficient (Wildman–Crippen LogP) is 4.57. The van der Waals surface area contributed by atoms with Crippen molar-refractivity contribution in [2.75, 3.05) is 5.75 Å². The van der Waals surface area contributed by atoms with Crippen molar-refractivity contribution < 1.29 is 4.39 Å². The molecule has 3 heteroatoms. The van der Waals surface area contributed by atoms with Crippen molar-refractivity contribution in [2.24, 2.45) is 0 Å². The van der Waals surface area contributed by atoms with E-state index < -0.39 is 0 Å². The summed E-state index contributed by atoms with van der Waals surface area (Å²) in [6.45, 7) is 0.881. The summed E-state index contributed by atoms with van der Waals surface area (Å²) in [5, 5.41) is 1.09. The lowest BCUT2D eigenvalue weighted by Crippen LogP contribution is -1.98. The molecule has 19 heavy (non-hydrogen) atoms. The van der Waals surface area contributed by atoms with E-state index in [0.717, 1.165) is 23.2 Å². The number of thioether (sulfide) groups is 1. The normalized spacial score (nSPS) is 11.0. The Labute approximate surface area is 116 Å². The minimum absolute atomic E-state index is 0.178. The molecule has 1 aromatic heterocycles. The smallest absolute Gasteiger partial charge is 0.125 e.